The molecule has 0 amide bonds. The number of ether oxygens (including phenoxy) is 1. The average Bonchev–Trinajstić information content (AvgIpc) is 3.24. The lowest BCUT2D eigenvalue weighted by Crippen LogP contribution is -2.48. The fourth-order valence-corrected chi connectivity index (χ4v) is 2.36. The molecule has 0 spiro atoms. The van der Waals surface area contributed by atoms with Crippen molar-refractivity contribution in [3.05, 3.63) is 0 Å². The van der Waals surface area contributed by atoms with Crippen LogP contribution in [0.3, 0.4) is 0 Å². The number of rotatable bonds is 9. The van der Waals surface area contributed by atoms with Crippen molar-refractivity contribution in [1.29, 1.82) is 0 Å². The van der Waals surface area contributed by atoms with Crippen molar-refractivity contribution < 1.29 is 9.53 Å². The van der Waals surface area contributed by atoms with Crippen LogP contribution < -0.4 is 5.32 Å². The Bertz CT molecular complexity index is 275. The van der Waals surface area contributed by atoms with E-state index in [9.17, 15) is 4.79 Å². The van der Waals surface area contributed by atoms with E-state index in [0.29, 0.717) is 0 Å². The maximum Gasteiger partial charge on any atom is 0.324 e. The molecule has 2 fully saturated rings. The van der Waals surface area contributed by atoms with E-state index in [0.717, 1.165) is 31.5 Å². The maximum atomic E-state index is 11.8. The van der Waals surface area contributed by atoms with Crippen molar-refractivity contribution in [3.63, 3.8) is 0 Å². The Kier molecular flexibility index (Phi) is 5.01. The summed E-state index contributed by atoms with van der Waals surface area (Å²) in [5.74, 6) is 0.764. The highest BCUT2D eigenvalue weighted by Gasteiger charge is 2.35. The van der Waals surface area contributed by atoms with Gasteiger partial charge >= 0.3 is 5.97 Å². The van der Waals surface area contributed by atoms with Crippen LogP contribution in [0.5, 0.6) is 0 Å². The Morgan fingerprint density at radius 2 is 2.11 bits per heavy atom. The summed E-state index contributed by atoms with van der Waals surface area (Å²) >= 11 is 0. The van der Waals surface area contributed by atoms with Crippen LogP contribution in [0.25, 0.3) is 0 Å². The van der Waals surface area contributed by atoms with Crippen LogP contribution >= 0.6 is 0 Å². The smallest absolute Gasteiger partial charge is 0.324 e. The molecule has 4 heteroatoms. The molecule has 0 saturated heterocycles. The van der Waals surface area contributed by atoms with Gasteiger partial charge in [-0.3, -0.25) is 9.69 Å². The molecule has 1 unspecified atom stereocenters. The Balaban J connectivity index is 1.84. The molecule has 1 N–H and O–H groups in total. The monoisotopic (exact) mass is 254 g/mol. The van der Waals surface area contributed by atoms with Gasteiger partial charge in [-0.2, -0.15) is 0 Å². The molecule has 0 heterocycles. The first kappa shape index (κ1) is 13.8. The lowest BCUT2D eigenvalue weighted by atomic mass is 10.2. The van der Waals surface area contributed by atoms with Crippen LogP contribution in [-0.2, 0) is 9.53 Å². The zero-order chi connectivity index (χ0) is 13.0. The molecule has 2 saturated carbocycles. The Hall–Kier alpha value is -0.610. The highest BCUT2D eigenvalue weighted by Crippen LogP contribution is 2.34. The second kappa shape index (κ2) is 6.53. The lowest BCUT2D eigenvalue weighted by Gasteiger charge is -2.26. The number of esters is 1. The van der Waals surface area contributed by atoms with Gasteiger partial charge in [0.15, 0.2) is 0 Å². The minimum atomic E-state index is -0.158. The average molecular weight is 254 g/mol. The SMILES string of the molecule is CCCNC(CN(CC1CC1)C1CC1)C(=O)OC. The molecular weight excluding hydrogens is 228 g/mol. The summed E-state index contributed by atoms with van der Waals surface area (Å²) in [6.45, 7) is 4.98. The van der Waals surface area contributed by atoms with Gasteiger partial charge in [-0.05, 0) is 44.6 Å². The van der Waals surface area contributed by atoms with E-state index in [1.165, 1.54) is 39.3 Å². The molecule has 0 aromatic heterocycles. The number of carbonyl (C=O) groups is 1. The molecule has 0 aromatic carbocycles. The largest absolute Gasteiger partial charge is 0.468 e. The number of nitrogens with zero attached hydrogens (tertiary/aromatic N) is 1. The molecule has 2 aliphatic rings. The topological polar surface area (TPSA) is 41.6 Å². The summed E-state index contributed by atoms with van der Waals surface area (Å²) in [5, 5.41) is 3.31. The van der Waals surface area contributed by atoms with Gasteiger partial charge in [-0.15, -0.1) is 0 Å². The summed E-state index contributed by atoms with van der Waals surface area (Å²) in [6.07, 6.45) is 6.38. The van der Waals surface area contributed by atoms with Crippen LogP contribution in [0.4, 0.5) is 0 Å². The number of carbonyl (C=O) groups excluding carboxylic acids is 1. The molecule has 0 radical (unpaired) electrons. The fraction of sp³-hybridized carbons (Fsp3) is 0.929. The quantitative estimate of drug-likeness (QED) is 0.632. The third-order valence-corrected chi connectivity index (χ3v) is 3.80. The van der Waals surface area contributed by atoms with E-state index < -0.39 is 0 Å². The highest BCUT2D eigenvalue weighted by molar-refractivity contribution is 5.75. The Morgan fingerprint density at radius 3 is 2.61 bits per heavy atom. The molecule has 0 bridgehead atoms. The van der Waals surface area contributed by atoms with Crippen molar-refractivity contribution in [2.24, 2.45) is 5.92 Å². The summed E-state index contributed by atoms with van der Waals surface area (Å²) in [5.41, 5.74) is 0. The first-order valence-electron chi connectivity index (χ1n) is 7.29. The summed E-state index contributed by atoms with van der Waals surface area (Å²) in [7, 11) is 1.48. The highest BCUT2D eigenvalue weighted by atomic mass is 16.5. The van der Waals surface area contributed by atoms with Crippen LogP contribution in [0.1, 0.15) is 39.0 Å². The van der Waals surface area contributed by atoms with Crippen molar-refractivity contribution in [2.45, 2.75) is 51.1 Å². The number of hydrogen-bond acceptors (Lipinski definition) is 4. The van der Waals surface area contributed by atoms with E-state index >= 15 is 0 Å². The van der Waals surface area contributed by atoms with Gasteiger partial charge in [0.1, 0.15) is 6.04 Å². The number of nitrogens with one attached hydrogen (secondary N) is 1. The Morgan fingerprint density at radius 1 is 1.39 bits per heavy atom. The predicted molar refractivity (Wildman–Crippen MR) is 71.4 cm³/mol. The van der Waals surface area contributed by atoms with Crippen LogP contribution in [0, 0.1) is 5.92 Å². The Labute approximate surface area is 110 Å². The van der Waals surface area contributed by atoms with E-state index in [-0.39, 0.29) is 12.0 Å². The second-order valence-electron chi connectivity index (χ2n) is 5.66. The molecule has 0 aromatic rings. The van der Waals surface area contributed by atoms with Gasteiger partial charge in [-0.1, -0.05) is 6.92 Å². The van der Waals surface area contributed by atoms with E-state index in [4.69, 9.17) is 4.74 Å². The standard InChI is InChI=1S/C14H26N2O2/c1-3-8-15-13(14(17)18-2)10-16(12-6-7-12)9-11-4-5-11/h11-13,15H,3-10H2,1-2H3. The molecule has 104 valence electrons. The first-order valence-corrected chi connectivity index (χ1v) is 7.29. The molecule has 2 aliphatic carbocycles. The molecular formula is C14H26N2O2. The zero-order valence-corrected chi connectivity index (χ0v) is 11.7. The van der Waals surface area contributed by atoms with Gasteiger partial charge in [-0.25, -0.2) is 0 Å². The van der Waals surface area contributed by atoms with Gasteiger partial charge < -0.3 is 10.1 Å². The van der Waals surface area contributed by atoms with Crippen molar-refractivity contribution in [2.75, 3.05) is 26.7 Å². The van der Waals surface area contributed by atoms with Gasteiger partial charge in [0.05, 0.1) is 7.11 Å². The summed E-state index contributed by atoms with van der Waals surface area (Å²) in [4.78, 5) is 14.3. The van der Waals surface area contributed by atoms with E-state index in [1.54, 1.807) is 0 Å². The molecule has 18 heavy (non-hydrogen) atoms. The maximum absolute atomic E-state index is 11.8. The van der Waals surface area contributed by atoms with Crippen LogP contribution in [0.2, 0.25) is 0 Å². The number of hydrogen-bond donors (Lipinski definition) is 1. The van der Waals surface area contributed by atoms with Crippen LogP contribution in [0.15, 0.2) is 0 Å². The van der Waals surface area contributed by atoms with Crippen LogP contribution in [-0.4, -0.2) is 49.7 Å². The minimum Gasteiger partial charge on any atom is -0.468 e. The minimum absolute atomic E-state index is 0.120. The zero-order valence-electron chi connectivity index (χ0n) is 11.7. The van der Waals surface area contributed by atoms with Gasteiger partial charge in [0.25, 0.3) is 0 Å². The number of methoxy groups -OCH3 is 1. The van der Waals surface area contributed by atoms with E-state index in [1.807, 2.05) is 0 Å². The van der Waals surface area contributed by atoms with Crippen molar-refractivity contribution in [1.82, 2.24) is 10.2 Å². The third kappa shape index (κ3) is 4.25. The predicted octanol–water partition coefficient (Wildman–Crippen LogP) is 1.40. The first-order chi connectivity index (χ1) is 8.74. The molecule has 2 rings (SSSR count). The molecule has 1 atom stereocenters. The molecule has 0 aliphatic heterocycles. The summed E-state index contributed by atoms with van der Waals surface area (Å²) < 4.78 is 4.90. The summed E-state index contributed by atoms with van der Waals surface area (Å²) in [6, 6.07) is 0.565. The second-order valence-corrected chi connectivity index (χ2v) is 5.66. The van der Waals surface area contributed by atoms with E-state index in [2.05, 4.69) is 17.1 Å². The van der Waals surface area contributed by atoms with Crippen molar-refractivity contribution in [3.8, 4) is 0 Å². The van der Waals surface area contributed by atoms with Gasteiger partial charge in [0.2, 0.25) is 0 Å². The molecule has 4 nitrogen and oxygen atoms in total. The van der Waals surface area contributed by atoms with Crippen molar-refractivity contribution >= 4 is 5.97 Å². The third-order valence-electron chi connectivity index (χ3n) is 3.80. The lowest BCUT2D eigenvalue weighted by molar-refractivity contribution is -0.143. The van der Waals surface area contributed by atoms with Gasteiger partial charge in [0, 0.05) is 19.1 Å². The normalized spacial score (nSPS) is 21.1. The fourth-order valence-electron chi connectivity index (χ4n) is 2.36.